The minimum absolute atomic E-state index is 0.326. The highest BCUT2D eigenvalue weighted by atomic mass is 35.5. The molecule has 0 radical (unpaired) electrons. The Hall–Kier alpha value is -2.30. The molecule has 25 heavy (non-hydrogen) atoms. The van der Waals surface area contributed by atoms with Crippen molar-refractivity contribution in [2.24, 2.45) is 0 Å². The normalized spacial score (nSPS) is 14.4. The number of rotatable bonds is 2. The molecule has 0 bridgehead atoms. The van der Waals surface area contributed by atoms with Crippen molar-refractivity contribution in [3.05, 3.63) is 74.1 Å². The van der Waals surface area contributed by atoms with Gasteiger partial charge in [0.15, 0.2) is 0 Å². The Bertz CT molecular complexity index is 1010. The van der Waals surface area contributed by atoms with Crippen molar-refractivity contribution in [1.29, 1.82) is 0 Å². The van der Waals surface area contributed by atoms with Crippen LogP contribution in [-0.4, -0.2) is 11.6 Å². The Balaban J connectivity index is 1.68. The van der Waals surface area contributed by atoms with Crippen LogP contribution in [0.3, 0.4) is 0 Å². The lowest BCUT2D eigenvalue weighted by Crippen LogP contribution is -2.31. The highest BCUT2D eigenvalue weighted by Crippen LogP contribution is 2.35. The van der Waals surface area contributed by atoms with Crippen LogP contribution in [0.1, 0.15) is 22.3 Å². The smallest absolute Gasteiger partial charge is 0.336 e. The van der Waals surface area contributed by atoms with Gasteiger partial charge in [0.05, 0.1) is 0 Å². The Morgan fingerprint density at radius 2 is 1.92 bits per heavy atom. The maximum atomic E-state index is 11.7. The maximum absolute atomic E-state index is 11.7. The van der Waals surface area contributed by atoms with Crippen molar-refractivity contribution in [3.63, 3.8) is 0 Å². The molecule has 0 saturated carbocycles. The van der Waals surface area contributed by atoms with E-state index in [9.17, 15) is 4.79 Å². The summed E-state index contributed by atoms with van der Waals surface area (Å²) in [7, 11) is 0. The Labute approximate surface area is 150 Å². The van der Waals surface area contributed by atoms with E-state index in [0.29, 0.717) is 12.3 Å². The number of aryl methyl sites for hydroxylation is 2. The first-order valence-corrected chi connectivity index (χ1v) is 8.55. The van der Waals surface area contributed by atoms with Crippen LogP contribution < -0.4 is 10.4 Å². The molecule has 1 aliphatic heterocycles. The lowest BCUT2D eigenvalue weighted by atomic mass is 10.0. The second kappa shape index (κ2) is 6.21. The fourth-order valence-electron chi connectivity index (χ4n) is 3.37. The van der Waals surface area contributed by atoms with Gasteiger partial charge in [-0.15, -0.1) is 0 Å². The van der Waals surface area contributed by atoms with Crippen LogP contribution in [-0.2, 0) is 13.1 Å². The largest absolute Gasteiger partial charge is 0.477 e. The molecule has 0 atom stereocenters. The Kier molecular flexibility index (Phi) is 4.02. The van der Waals surface area contributed by atoms with Gasteiger partial charge < -0.3 is 9.15 Å². The lowest BCUT2D eigenvalue weighted by molar-refractivity contribution is 0.0881. The second-order valence-electron chi connectivity index (χ2n) is 6.50. The summed E-state index contributed by atoms with van der Waals surface area (Å²) in [6, 6.07) is 11.5. The van der Waals surface area contributed by atoms with E-state index in [-0.39, 0.29) is 5.63 Å². The quantitative estimate of drug-likeness (QED) is 0.638. The molecule has 4 nitrogen and oxygen atoms in total. The van der Waals surface area contributed by atoms with Crippen molar-refractivity contribution >= 4 is 22.6 Å². The van der Waals surface area contributed by atoms with Gasteiger partial charge in [-0.1, -0.05) is 23.7 Å². The van der Waals surface area contributed by atoms with Gasteiger partial charge in [-0.2, -0.15) is 0 Å². The van der Waals surface area contributed by atoms with Crippen LogP contribution in [0.5, 0.6) is 5.75 Å². The molecule has 4 rings (SSSR count). The number of halogens is 1. The van der Waals surface area contributed by atoms with Gasteiger partial charge in [-0.25, -0.2) is 4.79 Å². The first-order valence-electron chi connectivity index (χ1n) is 8.18. The number of hydrogen-bond acceptors (Lipinski definition) is 4. The van der Waals surface area contributed by atoms with Crippen LogP contribution >= 0.6 is 11.6 Å². The molecule has 0 spiro atoms. The summed E-state index contributed by atoms with van der Waals surface area (Å²) in [5, 5.41) is 1.70. The van der Waals surface area contributed by atoms with Gasteiger partial charge in [0, 0.05) is 40.7 Å². The van der Waals surface area contributed by atoms with Crippen molar-refractivity contribution in [1.82, 2.24) is 4.90 Å². The zero-order chi connectivity index (χ0) is 17.6. The fraction of sp³-hybridized carbons (Fsp3) is 0.250. The molecule has 2 heterocycles. The maximum Gasteiger partial charge on any atom is 0.336 e. The average Bonchev–Trinajstić information content (AvgIpc) is 2.58. The third-order valence-corrected chi connectivity index (χ3v) is 4.85. The molecule has 0 aliphatic carbocycles. The van der Waals surface area contributed by atoms with Crippen LogP contribution in [0.15, 0.2) is 45.6 Å². The minimum Gasteiger partial charge on any atom is -0.477 e. The Morgan fingerprint density at radius 1 is 1.16 bits per heavy atom. The van der Waals surface area contributed by atoms with Gasteiger partial charge in [-0.3, -0.25) is 4.90 Å². The van der Waals surface area contributed by atoms with E-state index in [4.69, 9.17) is 20.8 Å². The fourth-order valence-corrected chi connectivity index (χ4v) is 3.50. The van der Waals surface area contributed by atoms with Crippen LogP contribution in [0.25, 0.3) is 11.0 Å². The summed E-state index contributed by atoms with van der Waals surface area (Å²) < 4.78 is 11.4. The van der Waals surface area contributed by atoms with Crippen molar-refractivity contribution < 1.29 is 9.15 Å². The second-order valence-corrected chi connectivity index (χ2v) is 6.94. The lowest BCUT2D eigenvalue weighted by Gasteiger charge is -2.30. The summed E-state index contributed by atoms with van der Waals surface area (Å²) >= 11 is 5.95. The monoisotopic (exact) mass is 355 g/mol. The highest BCUT2D eigenvalue weighted by Gasteiger charge is 2.22. The molecule has 0 N–H and O–H groups in total. The SMILES string of the molecule is Cc1cc(=O)oc2c(C)c3c(cc12)CN(Cc1ccc(Cl)cc1)CO3. The van der Waals surface area contributed by atoms with E-state index in [0.717, 1.165) is 45.9 Å². The van der Waals surface area contributed by atoms with E-state index in [2.05, 4.69) is 11.0 Å². The molecular formula is C20H18ClNO3. The van der Waals surface area contributed by atoms with Gasteiger partial charge >= 0.3 is 5.63 Å². The van der Waals surface area contributed by atoms with E-state index >= 15 is 0 Å². The van der Waals surface area contributed by atoms with Crippen LogP contribution in [0, 0.1) is 13.8 Å². The van der Waals surface area contributed by atoms with Gasteiger partial charge in [-0.05, 0) is 43.2 Å². The average molecular weight is 356 g/mol. The molecule has 2 aromatic carbocycles. The predicted molar refractivity (Wildman–Crippen MR) is 98.2 cm³/mol. The molecule has 128 valence electrons. The number of nitrogens with zero attached hydrogens (tertiary/aromatic N) is 1. The van der Waals surface area contributed by atoms with Crippen molar-refractivity contribution in [3.8, 4) is 5.75 Å². The third-order valence-electron chi connectivity index (χ3n) is 4.60. The number of benzene rings is 2. The third kappa shape index (κ3) is 3.03. The number of hydrogen-bond donors (Lipinski definition) is 0. The molecule has 5 heteroatoms. The highest BCUT2D eigenvalue weighted by molar-refractivity contribution is 6.30. The first kappa shape index (κ1) is 16.2. The van der Waals surface area contributed by atoms with Crippen molar-refractivity contribution in [2.45, 2.75) is 26.9 Å². The zero-order valence-electron chi connectivity index (χ0n) is 14.1. The van der Waals surface area contributed by atoms with Crippen LogP contribution in [0.2, 0.25) is 5.02 Å². The van der Waals surface area contributed by atoms with Crippen molar-refractivity contribution in [2.75, 3.05) is 6.73 Å². The molecule has 0 saturated heterocycles. The molecule has 0 unspecified atom stereocenters. The molecule has 1 aromatic heterocycles. The van der Waals surface area contributed by atoms with E-state index in [1.165, 1.54) is 11.6 Å². The topological polar surface area (TPSA) is 42.7 Å². The molecule has 3 aromatic rings. The van der Waals surface area contributed by atoms with Gasteiger partial charge in [0.1, 0.15) is 18.1 Å². The summed E-state index contributed by atoms with van der Waals surface area (Å²) in [6.45, 7) is 5.94. The summed E-state index contributed by atoms with van der Waals surface area (Å²) in [5.41, 5.74) is 4.41. The first-order chi connectivity index (χ1) is 12.0. The number of ether oxygens (including phenoxy) is 1. The molecular weight excluding hydrogens is 338 g/mol. The van der Waals surface area contributed by atoms with E-state index in [1.54, 1.807) is 0 Å². The number of fused-ring (bicyclic) bond motifs is 2. The molecule has 0 fully saturated rings. The minimum atomic E-state index is -0.326. The summed E-state index contributed by atoms with van der Waals surface area (Å²) in [5.74, 6) is 0.827. The Morgan fingerprint density at radius 3 is 2.68 bits per heavy atom. The standard InChI is InChI=1S/C20H18ClNO3/c1-12-7-18(23)25-20-13(2)19-15(8-17(12)20)10-22(11-24-19)9-14-3-5-16(21)6-4-14/h3-8H,9-11H2,1-2H3. The zero-order valence-corrected chi connectivity index (χ0v) is 14.9. The van der Waals surface area contributed by atoms with E-state index in [1.807, 2.05) is 38.1 Å². The van der Waals surface area contributed by atoms with Gasteiger partial charge in [0.25, 0.3) is 0 Å². The summed E-state index contributed by atoms with van der Waals surface area (Å²) in [4.78, 5) is 13.9. The molecule has 1 aliphatic rings. The predicted octanol–water partition coefficient (Wildman–Crippen LogP) is 4.42. The van der Waals surface area contributed by atoms with Crippen LogP contribution in [0.4, 0.5) is 0 Å². The van der Waals surface area contributed by atoms with Gasteiger partial charge in [0.2, 0.25) is 0 Å². The van der Waals surface area contributed by atoms with E-state index < -0.39 is 0 Å². The molecule has 0 amide bonds. The summed E-state index contributed by atoms with van der Waals surface area (Å²) in [6.07, 6.45) is 0.